The molecule has 0 bridgehead atoms. The van der Waals surface area contributed by atoms with Gasteiger partial charge in [0.05, 0.1) is 16.8 Å². The zero-order valence-corrected chi connectivity index (χ0v) is 14.0. The molecule has 5 nitrogen and oxygen atoms in total. The first-order chi connectivity index (χ1) is 11.6. The smallest absolute Gasteiger partial charge is 0.252 e. The third-order valence-corrected chi connectivity index (χ3v) is 3.57. The fraction of sp³-hybridized carbons (Fsp3) is 0.167. The van der Waals surface area contributed by atoms with Crippen LogP contribution in [0.25, 0.3) is 0 Å². The zero-order valence-electron chi connectivity index (χ0n) is 13.3. The fourth-order valence-corrected chi connectivity index (χ4v) is 2.14. The Morgan fingerprint density at radius 1 is 1.12 bits per heavy atom. The Bertz CT molecular complexity index is 742. The van der Waals surface area contributed by atoms with Gasteiger partial charge < -0.3 is 5.32 Å². The molecule has 0 aliphatic heterocycles. The van der Waals surface area contributed by atoms with Gasteiger partial charge in [-0.15, -0.1) is 0 Å². The molecule has 0 fully saturated rings. The number of nitrogens with one attached hydrogen (secondary N) is 2. The van der Waals surface area contributed by atoms with E-state index in [2.05, 4.69) is 15.8 Å². The average Bonchev–Trinajstić information content (AvgIpc) is 2.57. The maximum atomic E-state index is 11.9. The maximum absolute atomic E-state index is 11.9. The Balaban J connectivity index is 1.72. The number of nitrogens with zero attached hydrogens (tertiary/aromatic N) is 1. The lowest BCUT2D eigenvalue weighted by atomic mass is 10.2. The predicted octanol–water partition coefficient (Wildman–Crippen LogP) is 2.92. The highest BCUT2D eigenvalue weighted by Gasteiger charge is 2.09. The summed E-state index contributed by atoms with van der Waals surface area (Å²) in [5.74, 6) is -0.589. The topological polar surface area (TPSA) is 70.6 Å². The van der Waals surface area contributed by atoms with Crippen molar-refractivity contribution in [2.75, 3.05) is 6.54 Å². The van der Waals surface area contributed by atoms with E-state index in [9.17, 15) is 9.59 Å². The van der Waals surface area contributed by atoms with Crippen LogP contribution in [0.5, 0.6) is 0 Å². The van der Waals surface area contributed by atoms with E-state index in [-0.39, 0.29) is 24.8 Å². The molecule has 24 heavy (non-hydrogen) atoms. The minimum atomic E-state index is -0.309. The van der Waals surface area contributed by atoms with Gasteiger partial charge >= 0.3 is 0 Å². The zero-order chi connectivity index (χ0) is 17.4. The summed E-state index contributed by atoms with van der Waals surface area (Å²) >= 11 is 5.94. The SMILES string of the molecule is Cc1ccc(C=NNC(=O)CCNC(=O)c2ccccc2Cl)cc1. The first-order valence-electron chi connectivity index (χ1n) is 7.47. The maximum Gasteiger partial charge on any atom is 0.252 e. The molecule has 0 saturated heterocycles. The summed E-state index contributed by atoms with van der Waals surface area (Å²) in [7, 11) is 0. The normalized spacial score (nSPS) is 10.6. The first kappa shape index (κ1) is 17.7. The molecule has 0 unspecified atom stereocenters. The summed E-state index contributed by atoms with van der Waals surface area (Å²) < 4.78 is 0. The molecule has 6 heteroatoms. The molecule has 124 valence electrons. The molecule has 2 N–H and O–H groups in total. The van der Waals surface area contributed by atoms with E-state index in [1.54, 1.807) is 30.5 Å². The first-order valence-corrected chi connectivity index (χ1v) is 7.85. The average molecular weight is 344 g/mol. The molecular formula is C18H18ClN3O2. The quantitative estimate of drug-likeness (QED) is 0.625. The van der Waals surface area contributed by atoms with E-state index >= 15 is 0 Å². The van der Waals surface area contributed by atoms with Gasteiger partial charge in [0.2, 0.25) is 5.91 Å². The van der Waals surface area contributed by atoms with E-state index in [0.717, 1.165) is 11.1 Å². The van der Waals surface area contributed by atoms with Gasteiger partial charge in [0.25, 0.3) is 5.91 Å². The molecule has 0 aliphatic carbocycles. The van der Waals surface area contributed by atoms with E-state index in [0.29, 0.717) is 10.6 Å². The summed E-state index contributed by atoms with van der Waals surface area (Å²) in [4.78, 5) is 23.6. The van der Waals surface area contributed by atoms with Crippen molar-refractivity contribution in [2.45, 2.75) is 13.3 Å². The van der Waals surface area contributed by atoms with Gasteiger partial charge in [0, 0.05) is 13.0 Å². The number of hydrogen-bond donors (Lipinski definition) is 2. The van der Waals surface area contributed by atoms with Crippen LogP contribution in [0.1, 0.15) is 27.9 Å². The molecule has 2 aromatic carbocycles. The van der Waals surface area contributed by atoms with Crippen molar-refractivity contribution in [3.8, 4) is 0 Å². The second-order valence-electron chi connectivity index (χ2n) is 5.19. The number of carbonyl (C=O) groups is 2. The second kappa shape index (κ2) is 8.84. The number of hydrogen-bond acceptors (Lipinski definition) is 3. The fourth-order valence-electron chi connectivity index (χ4n) is 1.92. The van der Waals surface area contributed by atoms with Crippen molar-refractivity contribution in [3.63, 3.8) is 0 Å². The second-order valence-corrected chi connectivity index (χ2v) is 5.60. The molecule has 0 atom stereocenters. The predicted molar refractivity (Wildman–Crippen MR) is 95.3 cm³/mol. The number of carbonyl (C=O) groups excluding carboxylic acids is 2. The summed E-state index contributed by atoms with van der Waals surface area (Å²) in [5, 5.41) is 6.91. The lowest BCUT2D eigenvalue weighted by Crippen LogP contribution is -2.29. The van der Waals surface area contributed by atoms with Crippen molar-refractivity contribution >= 4 is 29.6 Å². The van der Waals surface area contributed by atoms with Crippen LogP contribution >= 0.6 is 11.6 Å². The Labute approximate surface area is 145 Å². The molecule has 2 amide bonds. The lowest BCUT2D eigenvalue weighted by molar-refractivity contribution is -0.120. The highest BCUT2D eigenvalue weighted by atomic mass is 35.5. The molecular weight excluding hydrogens is 326 g/mol. The van der Waals surface area contributed by atoms with Gasteiger partial charge in [-0.2, -0.15) is 5.10 Å². The number of rotatable bonds is 6. The lowest BCUT2D eigenvalue weighted by Gasteiger charge is -2.06. The van der Waals surface area contributed by atoms with Gasteiger partial charge in [0.15, 0.2) is 0 Å². The number of halogens is 1. The Kier molecular flexibility index (Phi) is 6.51. The van der Waals surface area contributed by atoms with Gasteiger partial charge in [-0.25, -0.2) is 5.43 Å². The van der Waals surface area contributed by atoms with Crippen LogP contribution in [-0.4, -0.2) is 24.6 Å². The van der Waals surface area contributed by atoms with Crippen molar-refractivity contribution < 1.29 is 9.59 Å². The minimum absolute atomic E-state index is 0.126. The standard InChI is InChI=1S/C18H18ClN3O2/c1-13-6-8-14(9-7-13)12-21-22-17(23)10-11-20-18(24)15-4-2-3-5-16(15)19/h2-9,12H,10-11H2,1H3,(H,20,24)(H,22,23). The number of hydrazone groups is 1. The molecule has 0 aromatic heterocycles. The summed E-state index contributed by atoms with van der Waals surface area (Å²) in [6.45, 7) is 2.20. The molecule has 0 heterocycles. The Morgan fingerprint density at radius 3 is 2.54 bits per heavy atom. The molecule has 2 aromatic rings. The summed E-state index contributed by atoms with van der Waals surface area (Å²) in [6.07, 6.45) is 1.70. The van der Waals surface area contributed by atoms with Crippen LogP contribution in [0.15, 0.2) is 53.6 Å². The summed E-state index contributed by atoms with van der Waals surface area (Å²) in [5.41, 5.74) is 4.86. The number of benzene rings is 2. The van der Waals surface area contributed by atoms with Crippen LogP contribution in [0, 0.1) is 6.92 Å². The third kappa shape index (κ3) is 5.52. The Hall–Kier alpha value is -2.66. The number of aryl methyl sites for hydroxylation is 1. The van der Waals surface area contributed by atoms with Gasteiger partial charge in [-0.05, 0) is 24.6 Å². The van der Waals surface area contributed by atoms with Crippen LogP contribution < -0.4 is 10.7 Å². The molecule has 0 radical (unpaired) electrons. The van der Waals surface area contributed by atoms with E-state index in [4.69, 9.17) is 11.6 Å². The molecule has 0 saturated carbocycles. The van der Waals surface area contributed by atoms with Crippen LogP contribution in [0.2, 0.25) is 5.02 Å². The van der Waals surface area contributed by atoms with E-state index < -0.39 is 0 Å². The largest absolute Gasteiger partial charge is 0.351 e. The van der Waals surface area contributed by atoms with E-state index in [1.165, 1.54) is 0 Å². The third-order valence-electron chi connectivity index (χ3n) is 3.24. The Morgan fingerprint density at radius 2 is 1.83 bits per heavy atom. The van der Waals surface area contributed by atoms with Crippen molar-refractivity contribution in [1.82, 2.24) is 10.7 Å². The van der Waals surface area contributed by atoms with Crippen LogP contribution in [0.4, 0.5) is 0 Å². The van der Waals surface area contributed by atoms with Gasteiger partial charge in [0.1, 0.15) is 0 Å². The highest BCUT2D eigenvalue weighted by Crippen LogP contribution is 2.14. The summed E-state index contributed by atoms with van der Waals surface area (Å²) in [6, 6.07) is 14.5. The molecule has 0 aliphatic rings. The number of amides is 2. The highest BCUT2D eigenvalue weighted by molar-refractivity contribution is 6.33. The molecule has 2 rings (SSSR count). The van der Waals surface area contributed by atoms with Crippen LogP contribution in [-0.2, 0) is 4.79 Å². The monoisotopic (exact) mass is 343 g/mol. The van der Waals surface area contributed by atoms with Gasteiger partial charge in [-0.3, -0.25) is 9.59 Å². The van der Waals surface area contributed by atoms with Crippen molar-refractivity contribution in [2.24, 2.45) is 5.10 Å². The van der Waals surface area contributed by atoms with Crippen molar-refractivity contribution in [3.05, 3.63) is 70.2 Å². The molecule has 0 spiro atoms. The van der Waals surface area contributed by atoms with Crippen molar-refractivity contribution in [1.29, 1.82) is 0 Å². The van der Waals surface area contributed by atoms with Gasteiger partial charge in [-0.1, -0.05) is 53.6 Å². The minimum Gasteiger partial charge on any atom is -0.351 e. The van der Waals surface area contributed by atoms with Crippen LogP contribution in [0.3, 0.4) is 0 Å². The van der Waals surface area contributed by atoms with E-state index in [1.807, 2.05) is 31.2 Å².